The van der Waals surface area contributed by atoms with Crippen LogP contribution in [0.3, 0.4) is 0 Å². The van der Waals surface area contributed by atoms with Gasteiger partial charge in [-0.2, -0.15) is 4.39 Å². The van der Waals surface area contributed by atoms with Gasteiger partial charge in [-0.25, -0.2) is 13.2 Å². The lowest BCUT2D eigenvalue weighted by Gasteiger charge is -2.17. The third-order valence-corrected chi connectivity index (χ3v) is 6.59. The van der Waals surface area contributed by atoms with Gasteiger partial charge in [0, 0.05) is 30.4 Å². The molecule has 40 heavy (non-hydrogen) atoms. The van der Waals surface area contributed by atoms with Crippen molar-refractivity contribution in [2.75, 3.05) is 30.1 Å². The van der Waals surface area contributed by atoms with Crippen LogP contribution in [-0.4, -0.2) is 31.0 Å². The molecule has 1 aliphatic rings. The van der Waals surface area contributed by atoms with E-state index in [2.05, 4.69) is 20.9 Å². The molecule has 8 nitrogen and oxygen atoms in total. The molecule has 2 amide bonds. The Balaban J connectivity index is 1.39. The SMILES string of the molecule is CNc1cc2nccc(Oc3c(F)cc(NC(=O)C4(C(=O)Nc5ccc(F)cc5)CC4)c(F)c3F)c2cc1OC. The van der Waals surface area contributed by atoms with Gasteiger partial charge in [0.15, 0.2) is 11.6 Å². The number of halogens is 4. The minimum absolute atomic E-state index is 0.0191. The molecule has 0 radical (unpaired) electrons. The Morgan fingerprint density at radius 2 is 1.57 bits per heavy atom. The first-order chi connectivity index (χ1) is 19.2. The maximum atomic E-state index is 15.1. The largest absolute Gasteiger partial charge is 0.495 e. The van der Waals surface area contributed by atoms with Crippen molar-refractivity contribution >= 4 is 39.8 Å². The lowest BCUT2D eigenvalue weighted by Crippen LogP contribution is -2.36. The number of hydrogen-bond acceptors (Lipinski definition) is 6. The van der Waals surface area contributed by atoms with Crippen molar-refractivity contribution in [3.8, 4) is 17.2 Å². The first-order valence-corrected chi connectivity index (χ1v) is 12.0. The highest BCUT2D eigenvalue weighted by atomic mass is 19.2. The van der Waals surface area contributed by atoms with Crippen LogP contribution in [-0.2, 0) is 9.59 Å². The van der Waals surface area contributed by atoms with Gasteiger partial charge in [-0.3, -0.25) is 14.6 Å². The molecular formula is C28H22F4N4O4. The quantitative estimate of drug-likeness (QED) is 0.141. The highest BCUT2D eigenvalue weighted by molar-refractivity contribution is 6.17. The van der Waals surface area contributed by atoms with E-state index in [1.54, 1.807) is 19.2 Å². The van der Waals surface area contributed by atoms with E-state index < -0.39 is 51.9 Å². The van der Waals surface area contributed by atoms with Crippen molar-refractivity contribution in [1.82, 2.24) is 4.98 Å². The molecule has 1 aromatic heterocycles. The second-order valence-electron chi connectivity index (χ2n) is 9.09. The monoisotopic (exact) mass is 554 g/mol. The van der Waals surface area contributed by atoms with Gasteiger partial charge in [0.25, 0.3) is 0 Å². The fraction of sp³-hybridized carbons (Fsp3) is 0.179. The Bertz CT molecular complexity index is 1640. The van der Waals surface area contributed by atoms with Crippen LogP contribution in [0.5, 0.6) is 17.2 Å². The summed E-state index contributed by atoms with van der Waals surface area (Å²) in [5.41, 5.74) is -1.08. The zero-order valence-corrected chi connectivity index (χ0v) is 21.2. The molecule has 0 atom stereocenters. The summed E-state index contributed by atoms with van der Waals surface area (Å²) >= 11 is 0. The number of benzene rings is 3. The summed E-state index contributed by atoms with van der Waals surface area (Å²) in [4.78, 5) is 29.8. The summed E-state index contributed by atoms with van der Waals surface area (Å²) in [5, 5.41) is 7.90. The highest BCUT2D eigenvalue weighted by Crippen LogP contribution is 2.48. The molecule has 0 unspecified atom stereocenters. The van der Waals surface area contributed by atoms with Gasteiger partial charge < -0.3 is 25.4 Å². The maximum absolute atomic E-state index is 15.1. The number of aromatic nitrogens is 1. The van der Waals surface area contributed by atoms with E-state index in [0.717, 1.165) is 12.1 Å². The number of rotatable bonds is 8. The molecule has 3 N–H and O–H groups in total. The molecule has 0 aliphatic heterocycles. The molecule has 4 aromatic rings. The minimum atomic E-state index is -1.68. The van der Waals surface area contributed by atoms with E-state index in [4.69, 9.17) is 9.47 Å². The van der Waals surface area contributed by atoms with Crippen LogP contribution in [0.1, 0.15) is 12.8 Å². The minimum Gasteiger partial charge on any atom is -0.495 e. The Labute approximate surface area is 225 Å². The van der Waals surface area contributed by atoms with Gasteiger partial charge in [-0.1, -0.05) is 0 Å². The van der Waals surface area contributed by atoms with E-state index in [0.29, 0.717) is 28.4 Å². The Hall–Kier alpha value is -4.87. The third kappa shape index (κ3) is 4.83. The van der Waals surface area contributed by atoms with Crippen molar-refractivity contribution < 1.29 is 36.6 Å². The topological polar surface area (TPSA) is 102 Å². The summed E-state index contributed by atoms with van der Waals surface area (Å²) in [7, 11) is 3.12. The van der Waals surface area contributed by atoms with Crippen molar-refractivity contribution in [2.45, 2.75) is 12.8 Å². The number of nitrogens with zero attached hydrogens (tertiary/aromatic N) is 1. The second-order valence-corrected chi connectivity index (χ2v) is 9.09. The molecule has 1 saturated carbocycles. The molecule has 1 heterocycles. The Kier molecular flexibility index (Phi) is 6.92. The normalized spacial score (nSPS) is 13.4. The lowest BCUT2D eigenvalue weighted by molar-refractivity contribution is -0.131. The van der Waals surface area contributed by atoms with Gasteiger partial charge in [-0.05, 0) is 55.3 Å². The summed E-state index contributed by atoms with van der Waals surface area (Å²) < 4.78 is 69.0. The lowest BCUT2D eigenvalue weighted by atomic mass is 10.0. The number of hydrogen-bond donors (Lipinski definition) is 3. The Morgan fingerprint density at radius 3 is 2.23 bits per heavy atom. The van der Waals surface area contributed by atoms with Crippen LogP contribution in [0.15, 0.2) is 54.7 Å². The average molecular weight is 555 g/mol. The standard InChI is InChI=1S/C28H22F4N4O4/c1-33-19-13-18-16(11-22(19)39-2)21(7-10-34-18)40-25-17(30)12-20(23(31)24(25)32)36-27(38)28(8-9-28)26(37)35-15-5-3-14(29)4-6-15/h3-7,10-13,33H,8-9H2,1-2H3,(H,35,37)(H,36,38). The molecule has 0 saturated heterocycles. The number of nitrogens with one attached hydrogen (secondary N) is 3. The van der Waals surface area contributed by atoms with E-state index in [1.807, 2.05) is 0 Å². The molecule has 12 heteroatoms. The van der Waals surface area contributed by atoms with Crippen LogP contribution in [0.4, 0.5) is 34.6 Å². The first kappa shape index (κ1) is 26.7. The average Bonchev–Trinajstić information content (AvgIpc) is 3.77. The maximum Gasteiger partial charge on any atom is 0.240 e. The predicted molar refractivity (Wildman–Crippen MR) is 140 cm³/mol. The molecule has 5 rings (SSSR count). The van der Waals surface area contributed by atoms with Crippen molar-refractivity contribution in [3.05, 3.63) is 78.0 Å². The second kappa shape index (κ2) is 10.4. The van der Waals surface area contributed by atoms with E-state index >= 15 is 13.2 Å². The predicted octanol–water partition coefficient (Wildman–Crippen LogP) is 5.99. The molecule has 1 fully saturated rings. The smallest absolute Gasteiger partial charge is 0.240 e. The summed E-state index contributed by atoms with van der Waals surface area (Å²) in [6.45, 7) is 0. The number of ether oxygens (including phenoxy) is 2. The van der Waals surface area contributed by atoms with E-state index in [-0.39, 0.29) is 24.3 Å². The molecule has 3 aromatic carbocycles. The number of carbonyl (C=O) groups is 2. The number of carbonyl (C=O) groups excluding carboxylic acids is 2. The molecule has 206 valence electrons. The van der Waals surface area contributed by atoms with Gasteiger partial charge in [-0.15, -0.1) is 0 Å². The number of amides is 2. The van der Waals surface area contributed by atoms with Gasteiger partial charge in [0.2, 0.25) is 23.4 Å². The first-order valence-electron chi connectivity index (χ1n) is 12.0. The molecule has 0 spiro atoms. The van der Waals surface area contributed by atoms with Crippen molar-refractivity contribution in [3.63, 3.8) is 0 Å². The highest BCUT2D eigenvalue weighted by Gasteiger charge is 2.56. The number of anilines is 3. The zero-order valence-electron chi connectivity index (χ0n) is 21.2. The van der Waals surface area contributed by atoms with Crippen LogP contribution in [0, 0.1) is 28.7 Å². The zero-order chi connectivity index (χ0) is 28.6. The van der Waals surface area contributed by atoms with Gasteiger partial charge in [0.1, 0.15) is 22.7 Å². The van der Waals surface area contributed by atoms with Crippen LogP contribution >= 0.6 is 0 Å². The fourth-order valence-electron chi connectivity index (χ4n) is 4.18. The third-order valence-electron chi connectivity index (χ3n) is 6.59. The van der Waals surface area contributed by atoms with Crippen molar-refractivity contribution in [2.24, 2.45) is 5.41 Å². The summed E-state index contributed by atoms with van der Waals surface area (Å²) in [6, 6.07) is 10.0. The molecule has 0 bridgehead atoms. The van der Waals surface area contributed by atoms with Crippen molar-refractivity contribution in [1.29, 1.82) is 0 Å². The number of pyridine rings is 1. The van der Waals surface area contributed by atoms with Gasteiger partial charge >= 0.3 is 0 Å². The summed E-state index contributed by atoms with van der Waals surface area (Å²) in [6.07, 6.45) is 1.62. The van der Waals surface area contributed by atoms with Crippen LogP contribution in [0.25, 0.3) is 10.9 Å². The van der Waals surface area contributed by atoms with E-state index in [9.17, 15) is 14.0 Å². The fourth-order valence-corrected chi connectivity index (χ4v) is 4.18. The van der Waals surface area contributed by atoms with Crippen LogP contribution < -0.4 is 25.4 Å². The van der Waals surface area contributed by atoms with E-state index in [1.165, 1.54) is 31.5 Å². The number of methoxy groups -OCH3 is 1. The molecular weight excluding hydrogens is 532 g/mol. The Morgan fingerprint density at radius 1 is 0.875 bits per heavy atom. The van der Waals surface area contributed by atoms with Crippen LogP contribution in [0.2, 0.25) is 0 Å². The molecule has 1 aliphatic carbocycles. The summed E-state index contributed by atoms with van der Waals surface area (Å²) in [5.74, 6) is -7.35. The van der Waals surface area contributed by atoms with Gasteiger partial charge in [0.05, 0.1) is 24.0 Å². The number of fused-ring (bicyclic) bond motifs is 1.